The van der Waals surface area contributed by atoms with E-state index in [1.165, 1.54) is 64.2 Å². The van der Waals surface area contributed by atoms with E-state index >= 15 is 0 Å². The normalized spacial score (nSPS) is 15.7. The molecular formula is C36H59O6P. The van der Waals surface area contributed by atoms with Crippen molar-refractivity contribution in [3.8, 4) is 11.5 Å². The van der Waals surface area contributed by atoms with Crippen LogP contribution in [0.25, 0.3) is 0 Å². The SMILES string of the molecule is CCCCCCCCCC(Oc1ccccc1)C(C)OP(=O)(O)OC(C)C(CCCCCCCCC)Oc1ccccc1. The Morgan fingerprint density at radius 1 is 0.558 bits per heavy atom. The molecule has 0 fully saturated rings. The van der Waals surface area contributed by atoms with Crippen LogP contribution in [-0.2, 0) is 13.6 Å². The first-order valence-corrected chi connectivity index (χ1v) is 18.5. The highest BCUT2D eigenvalue weighted by molar-refractivity contribution is 7.47. The molecule has 6 nitrogen and oxygen atoms in total. The number of phosphoric ester groups is 1. The molecule has 0 spiro atoms. The predicted molar refractivity (Wildman–Crippen MR) is 178 cm³/mol. The zero-order valence-corrected chi connectivity index (χ0v) is 28.2. The smallest absolute Gasteiger partial charge is 0.472 e. The van der Waals surface area contributed by atoms with Crippen LogP contribution in [-0.4, -0.2) is 29.3 Å². The van der Waals surface area contributed by atoms with Crippen LogP contribution in [0.4, 0.5) is 0 Å². The van der Waals surface area contributed by atoms with Crippen LogP contribution in [0.2, 0.25) is 0 Å². The molecule has 1 N–H and O–H groups in total. The Labute approximate surface area is 262 Å². The fraction of sp³-hybridized carbons (Fsp3) is 0.667. The molecule has 4 atom stereocenters. The molecule has 0 saturated heterocycles. The van der Waals surface area contributed by atoms with Crippen molar-refractivity contribution in [1.29, 1.82) is 0 Å². The number of benzene rings is 2. The molecular weight excluding hydrogens is 559 g/mol. The summed E-state index contributed by atoms with van der Waals surface area (Å²) in [6, 6.07) is 19.2. The van der Waals surface area contributed by atoms with E-state index in [0.717, 1.165) is 50.0 Å². The summed E-state index contributed by atoms with van der Waals surface area (Å²) in [6.07, 6.45) is 16.0. The highest BCUT2D eigenvalue weighted by Gasteiger charge is 2.34. The van der Waals surface area contributed by atoms with Gasteiger partial charge in [-0.25, -0.2) is 4.57 Å². The zero-order valence-electron chi connectivity index (χ0n) is 27.3. The molecule has 0 heterocycles. The van der Waals surface area contributed by atoms with Gasteiger partial charge < -0.3 is 14.4 Å². The van der Waals surface area contributed by atoms with Gasteiger partial charge in [-0.15, -0.1) is 0 Å². The molecule has 0 aliphatic heterocycles. The Morgan fingerprint density at radius 3 is 1.23 bits per heavy atom. The largest absolute Gasteiger partial charge is 0.488 e. The van der Waals surface area contributed by atoms with Gasteiger partial charge in [-0.3, -0.25) is 9.05 Å². The van der Waals surface area contributed by atoms with E-state index in [-0.39, 0.29) is 12.2 Å². The first kappa shape index (κ1) is 37.3. The molecule has 2 aromatic rings. The van der Waals surface area contributed by atoms with Crippen molar-refractivity contribution < 1.29 is 28.0 Å². The summed E-state index contributed by atoms with van der Waals surface area (Å²) in [6.45, 7) is 8.04. The zero-order chi connectivity index (χ0) is 31.2. The van der Waals surface area contributed by atoms with Gasteiger partial charge in [-0.2, -0.15) is 0 Å². The van der Waals surface area contributed by atoms with Crippen molar-refractivity contribution >= 4 is 7.82 Å². The molecule has 0 aliphatic carbocycles. The monoisotopic (exact) mass is 618 g/mol. The van der Waals surface area contributed by atoms with Crippen LogP contribution < -0.4 is 9.47 Å². The number of hydrogen-bond acceptors (Lipinski definition) is 5. The van der Waals surface area contributed by atoms with E-state index in [0.29, 0.717) is 0 Å². The van der Waals surface area contributed by atoms with Crippen LogP contribution in [0.1, 0.15) is 130 Å². The summed E-state index contributed by atoms with van der Waals surface area (Å²) in [7, 11) is -4.40. The van der Waals surface area contributed by atoms with Crippen LogP contribution >= 0.6 is 7.82 Å². The summed E-state index contributed by atoms with van der Waals surface area (Å²) in [5.74, 6) is 1.44. The summed E-state index contributed by atoms with van der Waals surface area (Å²) in [5, 5.41) is 0. The summed E-state index contributed by atoms with van der Waals surface area (Å²) >= 11 is 0. The average molecular weight is 619 g/mol. The second-order valence-corrected chi connectivity index (χ2v) is 13.2. The fourth-order valence-electron chi connectivity index (χ4n) is 5.31. The first-order valence-electron chi connectivity index (χ1n) is 17.0. The maximum atomic E-state index is 13.3. The third kappa shape index (κ3) is 17.3. The van der Waals surface area contributed by atoms with Gasteiger partial charge in [0, 0.05) is 0 Å². The van der Waals surface area contributed by atoms with Crippen LogP contribution in [0.5, 0.6) is 11.5 Å². The lowest BCUT2D eigenvalue weighted by Crippen LogP contribution is -2.34. The fourth-order valence-corrected chi connectivity index (χ4v) is 6.47. The van der Waals surface area contributed by atoms with Gasteiger partial charge in [-0.05, 0) is 63.8 Å². The van der Waals surface area contributed by atoms with E-state index in [9.17, 15) is 9.46 Å². The number of phosphoric acid groups is 1. The molecule has 0 saturated carbocycles. The van der Waals surface area contributed by atoms with Crippen LogP contribution in [0.15, 0.2) is 60.7 Å². The van der Waals surface area contributed by atoms with Crippen molar-refractivity contribution in [2.75, 3.05) is 0 Å². The molecule has 43 heavy (non-hydrogen) atoms. The van der Waals surface area contributed by atoms with Crippen molar-refractivity contribution in [1.82, 2.24) is 0 Å². The Bertz CT molecular complexity index is 897. The van der Waals surface area contributed by atoms with Crippen LogP contribution in [0, 0.1) is 0 Å². The van der Waals surface area contributed by atoms with Crippen molar-refractivity contribution in [2.45, 2.75) is 155 Å². The Morgan fingerprint density at radius 2 is 0.884 bits per heavy atom. The van der Waals surface area contributed by atoms with E-state index in [4.69, 9.17) is 18.5 Å². The van der Waals surface area contributed by atoms with Gasteiger partial charge in [0.1, 0.15) is 35.9 Å². The molecule has 0 radical (unpaired) electrons. The van der Waals surface area contributed by atoms with Gasteiger partial charge in [-0.1, -0.05) is 127 Å². The maximum Gasteiger partial charge on any atom is 0.472 e. The molecule has 2 aromatic carbocycles. The van der Waals surface area contributed by atoms with Crippen LogP contribution in [0.3, 0.4) is 0 Å². The summed E-state index contributed by atoms with van der Waals surface area (Å²) in [5.41, 5.74) is 0. The van der Waals surface area contributed by atoms with Gasteiger partial charge in [0.25, 0.3) is 0 Å². The summed E-state index contributed by atoms with van der Waals surface area (Å²) in [4.78, 5) is 10.9. The quantitative estimate of drug-likeness (QED) is 0.0835. The summed E-state index contributed by atoms with van der Waals surface area (Å²) < 4.78 is 37.3. The Kier molecular flexibility index (Phi) is 19.6. The number of rotatable bonds is 26. The van der Waals surface area contributed by atoms with Crippen molar-refractivity contribution in [3.63, 3.8) is 0 Å². The Hall–Kier alpha value is -1.85. The highest BCUT2D eigenvalue weighted by Crippen LogP contribution is 2.47. The standard InChI is InChI=1S/C36H59O6P/c1-5-7-9-11-13-15-23-29-35(39-33-25-19-17-20-26-33)31(3)41-43(37,38)42-32(4)36(40-34-27-21-18-22-28-34)30-24-16-14-12-10-8-6-2/h17-22,25-28,31-32,35-36H,5-16,23-24,29-30H2,1-4H3,(H,37,38). The minimum Gasteiger partial charge on any atom is -0.488 e. The number of unbranched alkanes of at least 4 members (excludes halogenated alkanes) is 12. The number of para-hydroxylation sites is 2. The lowest BCUT2D eigenvalue weighted by atomic mass is 10.0. The first-order chi connectivity index (χ1) is 20.8. The molecule has 0 aliphatic rings. The molecule has 244 valence electrons. The van der Waals surface area contributed by atoms with E-state index in [1.54, 1.807) is 13.8 Å². The molecule has 4 unspecified atom stereocenters. The lowest BCUT2D eigenvalue weighted by molar-refractivity contribution is -0.00444. The van der Waals surface area contributed by atoms with Gasteiger partial charge >= 0.3 is 7.82 Å². The van der Waals surface area contributed by atoms with E-state index in [2.05, 4.69) is 13.8 Å². The van der Waals surface area contributed by atoms with Gasteiger partial charge in [0.2, 0.25) is 0 Å². The molecule has 7 heteroatoms. The lowest BCUT2D eigenvalue weighted by Gasteiger charge is -2.30. The van der Waals surface area contributed by atoms with Crippen molar-refractivity contribution in [3.05, 3.63) is 60.7 Å². The minimum atomic E-state index is -4.40. The molecule has 0 aromatic heterocycles. The number of hydrogen-bond donors (Lipinski definition) is 1. The molecule has 2 rings (SSSR count). The van der Waals surface area contributed by atoms with Gasteiger partial charge in [0.15, 0.2) is 0 Å². The van der Waals surface area contributed by atoms with E-state index in [1.807, 2.05) is 60.7 Å². The second-order valence-electron chi connectivity index (χ2n) is 11.8. The van der Waals surface area contributed by atoms with E-state index < -0.39 is 20.0 Å². The Balaban J connectivity index is 1.97. The van der Waals surface area contributed by atoms with Gasteiger partial charge in [0.05, 0.1) is 0 Å². The molecule has 0 amide bonds. The minimum absolute atomic E-state index is 0.374. The third-order valence-electron chi connectivity index (χ3n) is 7.89. The topological polar surface area (TPSA) is 74.2 Å². The van der Waals surface area contributed by atoms with Crippen molar-refractivity contribution in [2.24, 2.45) is 0 Å². The highest BCUT2D eigenvalue weighted by atomic mass is 31.2. The number of ether oxygens (including phenoxy) is 2. The molecule has 0 bridgehead atoms. The third-order valence-corrected chi connectivity index (χ3v) is 9.09. The average Bonchev–Trinajstić information content (AvgIpc) is 2.99. The predicted octanol–water partition coefficient (Wildman–Crippen LogP) is 11.1. The maximum absolute atomic E-state index is 13.3. The second kappa shape index (κ2) is 22.6.